The first-order valence-electron chi connectivity index (χ1n) is 8.26. The third-order valence-electron chi connectivity index (χ3n) is 3.88. The number of carbonyl (C=O) groups is 1. The van der Waals surface area contributed by atoms with Crippen molar-refractivity contribution in [3.8, 4) is 17.4 Å². The maximum absolute atomic E-state index is 12.4. The molecule has 7 nitrogen and oxygen atoms in total. The molecule has 2 heterocycles. The number of rotatable bonds is 5. The van der Waals surface area contributed by atoms with Gasteiger partial charge in [-0.3, -0.25) is 4.79 Å². The van der Waals surface area contributed by atoms with Crippen LogP contribution in [-0.2, 0) is 0 Å². The Balaban J connectivity index is 1.46. The summed E-state index contributed by atoms with van der Waals surface area (Å²) in [7, 11) is 1.58. The number of benzene rings is 2. The fourth-order valence-electron chi connectivity index (χ4n) is 2.58. The SMILES string of the molecule is COc1ccccc1Oc1ccc(NC(=O)c2nc3ccccc3[nH]2)cn1. The zero-order valence-corrected chi connectivity index (χ0v) is 14.5. The second kappa shape index (κ2) is 7.17. The fraction of sp³-hybridized carbons (Fsp3) is 0.0500. The van der Waals surface area contributed by atoms with E-state index >= 15 is 0 Å². The number of hydrogen-bond acceptors (Lipinski definition) is 5. The Morgan fingerprint density at radius 3 is 2.52 bits per heavy atom. The van der Waals surface area contributed by atoms with Gasteiger partial charge in [-0.1, -0.05) is 24.3 Å². The lowest BCUT2D eigenvalue weighted by atomic mass is 10.3. The average Bonchev–Trinajstić information content (AvgIpc) is 3.14. The first kappa shape index (κ1) is 16.6. The zero-order valence-electron chi connectivity index (χ0n) is 14.5. The number of anilines is 1. The summed E-state index contributed by atoms with van der Waals surface area (Å²) in [5.74, 6) is 1.46. The quantitative estimate of drug-likeness (QED) is 0.561. The van der Waals surface area contributed by atoms with E-state index < -0.39 is 0 Å². The molecule has 7 heteroatoms. The molecule has 0 saturated heterocycles. The second-order valence-electron chi connectivity index (χ2n) is 5.69. The first-order valence-corrected chi connectivity index (χ1v) is 8.26. The number of nitrogens with zero attached hydrogens (tertiary/aromatic N) is 2. The van der Waals surface area contributed by atoms with Crippen molar-refractivity contribution in [2.75, 3.05) is 12.4 Å². The number of aromatic amines is 1. The number of imidazole rings is 1. The van der Waals surface area contributed by atoms with E-state index in [4.69, 9.17) is 9.47 Å². The predicted molar refractivity (Wildman–Crippen MR) is 101 cm³/mol. The van der Waals surface area contributed by atoms with E-state index in [0.29, 0.717) is 23.1 Å². The molecule has 0 atom stereocenters. The summed E-state index contributed by atoms with van der Waals surface area (Å²) in [6.45, 7) is 0. The molecule has 0 spiro atoms. The van der Waals surface area contributed by atoms with E-state index in [1.165, 1.54) is 6.20 Å². The monoisotopic (exact) mass is 360 g/mol. The lowest BCUT2D eigenvalue weighted by Gasteiger charge is -2.09. The van der Waals surface area contributed by atoms with E-state index in [2.05, 4.69) is 20.3 Å². The maximum Gasteiger partial charge on any atom is 0.291 e. The maximum atomic E-state index is 12.4. The minimum atomic E-state index is -0.341. The number of para-hydroxylation sites is 4. The van der Waals surface area contributed by atoms with Gasteiger partial charge < -0.3 is 19.8 Å². The lowest BCUT2D eigenvalue weighted by molar-refractivity contribution is 0.101. The summed E-state index contributed by atoms with van der Waals surface area (Å²) in [6, 6.07) is 18.1. The first-order chi connectivity index (χ1) is 13.2. The Bertz CT molecular complexity index is 1060. The minimum absolute atomic E-state index is 0.241. The summed E-state index contributed by atoms with van der Waals surface area (Å²) in [6.07, 6.45) is 1.52. The highest BCUT2D eigenvalue weighted by atomic mass is 16.5. The molecular formula is C20H16N4O3. The van der Waals surface area contributed by atoms with Gasteiger partial charge in [0.1, 0.15) is 0 Å². The van der Waals surface area contributed by atoms with Crippen LogP contribution in [0.25, 0.3) is 11.0 Å². The summed E-state index contributed by atoms with van der Waals surface area (Å²) in [5, 5.41) is 2.76. The Hall–Kier alpha value is -3.87. The second-order valence-corrected chi connectivity index (χ2v) is 5.69. The van der Waals surface area contributed by atoms with Crippen LogP contribution in [0.15, 0.2) is 66.9 Å². The zero-order chi connectivity index (χ0) is 18.6. The van der Waals surface area contributed by atoms with Crippen molar-refractivity contribution in [2.45, 2.75) is 0 Å². The van der Waals surface area contributed by atoms with Crippen LogP contribution >= 0.6 is 0 Å². The van der Waals surface area contributed by atoms with Crippen LogP contribution < -0.4 is 14.8 Å². The molecule has 4 aromatic rings. The molecule has 0 saturated carbocycles. The highest BCUT2D eigenvalue weighted by molar-refractivity contribution is 6.03. The van der Waals surface area contributed by atoms with Gasteiger partial charge in [-0.25, -0.2) is 9.97 Å². The number of H-pyrrole nitrogens is 1. The van der Waals surface area contributed by atoms with Crippen molar-refractivity contribution in [1.29, 1.82) is 0 Å². The molecular weight excluding hydrogens is 344 g/mol. The van der Waals surface area contributed by atoms with E-state index in [1.54, 1.807) is 31.4 Å². The molecule has 2 aromatic carbocycles. The van der Waals surface area contributed by atoms with Crippen molar-refractivity contribution in [2.24, 2.45) is 0 Å². The fourth-order valence-corrected chi connectivity index (χ4v) is 2.58. The molecule has 0 bridgehead atoms. The number of amides is 1. The van der Waals surface area contributed by atoms with Crippen LogP contribution in [-0.4, -0.2) is 28.0 Å². The highest BCUT2D eigenvalue weighted by Gasteiger charge is 2.12. The molecule has 0 fully saturated rings. The minimum Gasteiger partial charge on any atom is -0.493 e. The van der Waals surface area contributed by atoms with E-state index in [-0.39, 0.29) is 11.7 Å². The molecule has 27 heavy (non-hydrogen) atoms. The number of pyridine rings is 1. The topological polar surface area (TPSA) is 89.1 Å². The number of nitrogens with one attached hydrogen (secondary N) is 2. The Morgan fingerprint density at radius 1 is 1.00 bits per heavy atom. The van der Waals surface area contributed by atoms with Crippen molar-refractivity contribution < 1.29 is 14.3 Å². The molecule has 2 aromatic heterocycles. The van der Waals surface area contributed by atoms with Crippen molar-refractivity contribution in [1.82, 2.24) is 15.0 Å². The number of aromatic nitrogens is 3. The van der Waals surface area contributed by atoms with Gasteiger partial charge in [0.25, 0.3) is 5.91 Å². The molecule has 0 unspecified atom stereocenters. The van der Waals surface area contributed by atoms with Crippen LogP contribution in [0.5, 0.6) is 17.4 Å². The van der Waals surface area contributed by atoms with E-state index in [9.17, 15) is 4.79 Å². The Kier molecular flexibility index (Phi) is 4.40. The van der Waals surface area contributed by atoms with Crippen LogP contribution in [0, 0.1) is 0 Å². The number of fused-ring (bicyclic) bond motifs is 1. The normalized spacial score (nSPS) is 10.6. The molecule has 0 aliphatic heterocycles. The number of carbonyl (C=O) groups excluding carboxylic acids is 1. The number of hydrogen-bond donors (Lipinski definition) is 2. The van der Waals surface area contributed by atoms with Crippen molar-refractivity contribution in [3.63, 3.8) is 0 Å². The van der Waals surface area contributed by atoms with Crippen LogP contribution in [0.2, 0.25) is 0 Å². The molecule has 4 rings (SSSR count). The van der Waals surface area contributed by atoms with E-state index in [1.807, 2.05) is 36.4 Å². The lowest BCUT2D eigenvalue weighted by Crippen LogP contribution is -2.13. The average molecular weight is 360 g/mol. The Labute approximate surface area is 155 Å². The highest BCUT2D eigenvalue weighted by Crippen LogP contribution is 2.30. The smallest absolute Gasteiger partial charge is 0.291 e. The van der Waals surface area contributed by atoms with Gasteiger partial charge in [0.05, 0.1) is 30.0 Å². The van der Waals surface area contributed by atoms with Crippen LogP contribution in [0.3, 0.4) is 0 Å². The van der Waals surface area contributed by atoms with Gasteiger partial charge in [0.2, 0.25) is 5.88 Å². The summed E-state index contributed by atoms with van der Waals surface area (Å²) >= 11 is 0. The van der Waals surface area contributed by atoms with Gasteiger partial charge in [-0.2, -0.15) is 0 Å². The predicted octanol–water partition coefficient (Wildman–Crippen LogP) is 4.01. The molecule has 0 aliphatic rings. The molecule has 2 N–H and O–H groups in total. The standard InChI is InChI=1S/C20H16N4O3/c1-26-16-8-4-5-9-17(16)27-18-11-10-13(12-21-18)22-20(25)19-23-14-6-2-3-7-15(14)24-19/h2-12H,1H3,(H,22,25)(H,23,24). The van der Waals surface area contributed by atoms with Gasteiger partial charge >= 0.3 is 0 Å². The molecule has 1 amide bonds. The summed E-state index contributed by atoms with van der Waals surface area (Å²) in [5.41, 5.74) is 2.08. The molecule has 0 radical (unpaired) electrons. The molecule has 0 aliphatic carbocycles. The van der Waals surface area contributed by atoms with Crippen LogP contribution in [0.4, 0.5) is 5.69 Å². The van der Waals surface area contributed by atoms with Crippen molar-refractivity contribution >= 4 is 22.6 Å². The van der Waals surface area contributed by atoms with Gasteiger partial charge in [0, 0.05) is 6.07 Å². The Morgan fingerprint density at radius 2 is 1.78 bits per heavy atom. The summed E-state index contributed by atoms with van der Waals surface area (Å²) in [4.78, 5) is 23.8. The van der Waals surface area contributed by atoms with Crippen molar-refractivity contribution in [3.05, 3.63) is 72.7 Å². The number of methoxy groups -OCH3 is 1. The van der Waals surface area contributed by atoms with Gasteiger partial charge in [0.15, 0.2) is 17.3 Å². The van der Waals surface area contributed by atoms with E-state index in [0.717, 1.165) is 11.0 Å². The van der Waals surface area contributed by atoms with Gasteiger partial charge in [-0.15, -0.1) is 0 Å². The third-order valence-corrected chi connectivity index (χ3v) is 3.88. The van der Waals surface area contributed by atoms with Crippen LogP contribution in [0.1, 0.15) is 10.6 Å². The molecule has 134 valence electrons. The van der Waals surface area contributed by atoms with Gasteiger partial charge in [-0.05, 0) is 30.3 Å². The summed E-state index contributed by atoms with van der Waals surface area (Å²) < 4.78 is 11.0. The third kappa shape index (κ3) is 3.57. The largest absolute Gasteiger partial charge is 0.493 e. The number of ether oxygens (including phenoxy) is 2.